The molecule has 0 spiro atoms. The molecule has 2 aromatic rings. The van der Waals surface area contributed by atoms with Crippen molar-refractivity contribution in [2.75, 3.05) is 28.4 Å². The van der Waals surface area contributed by atoms with Gasteiger partial charge in [-0.3, -0.25) is 19.2 Å². The van der Waals surface area contributed by atoms with Gasteiger partial charge in [-0.25, -0.2) is 4.79 Å². The van der Waals surface area contributed by atoms with Crippen molar-refractivity contribution in [3.05, 3.63) is 68.4 Å². The van der Waals surface area contributed by atoms with Gasteiger partial charge < -0.3 is 54.7 Å². The molecule has 0 radical (unpaired) electrons. The molecule has 1 saturated heterocycles. The van der Waals surface area contributed by atoms with Crippen molar-refractivity contribution in [1.29, 1.82) is 0 Å². The van der Waals surface area contributed by atoms with E-state index in [0.717, 1.165) is 26.4 Å². The van der Waals surface area contributed by atoms with Crippen LogP contribution in [0.15, 0.2) is 34.2 Å². The minimum Gasteiger partial charge on any atom is -0.507 e. The highest BCUT2D eigenvalue weighted by atomic mass is 16.6. The summed E-state index contributed by atoms with van der Waals surface area (Å²) in [6.07, 6.45) is -3.62. The Labute approximate surface area is 293 Å². The molecule has 18 heteroatoms. The van der Waals surface area contributed by atoms with Crippen LogP contribution in [0.4, 0.5) is 0 Å². The number of hydrogen-bond donors (Lipinski definition) is 6. The van der Waals surface area contributed by atoms with Crippen LogP contribution in [0.2, 0.25) is 0 Å². The van der Waals surface area contributed by atoms with Gasteiger partial charge in [-0.05, 0) is 31.0 Å². The number of Topliss-reactive ketones (excluding diaryl/α,β-unsaturated/α-hetero) is 3. The fourth-order valence-electron chi connectivity index (χ4n) is 7.76. The Morgan fingerprint density at radius 2 is 1.62 bits per heavy atom. The lowest BCUT2D eigenvalue weighted by Crippen LogP contribution is -2.71. The SMILES string of the molecule is COC(=O)c1c(C)cc2c(c1O)[C@]1(O)C(=O)c3cc4c(c(O)c3C(=O)[C@]1(OC)C(=NO)C2)C(=O)C=C(NC1O[C@H](C)C(OC)/C(=N/O)C1OC)C4=O. The molecule has 0 saturated carbocycles. The molecule has 6 atom stereocenters. The van der Waals surface area contributed by atoms with E-state index in [1.165, 1.54) is 27.2 Å². The van der Waals surface area contributed by atoms with Crippen LogP contribution < -0.4 is 5.32 Å². The third-order valence-electron chi connectivity index (χ3n) is 10.0. The third-order valence-corrected chi connectivity index (χ3v) is 10.0. The van der Waals surface area contributed by atoms with Crippen LogP contribution in [-0.4, -0.2) is 125 Å². The number of esters is 1. The summed E-state index contributed by atoms with van der Waals surface area (Å²) in [5.74, 6) is -7.86. The number of hydrogen-bond acceptors (Lipinski definition) is 18. The number of aromatic hydroxyl groups is 2. The number of nitrogens with one attached hydrogen (secondary N) is 1. The molecule has 3 aliphatic carbocycles. The molecule has 6 rings (SSSR count). The number of carbonyl (C=O) groups is 5. The van der Waals surface area contributed by atoms with E-state index in [0.29, 0.717) is 0 Å². The number of methoxy groups -OCH3 is 4. The van der Waals surface area contributed by atoms with Crippen LogP contribution in [0, 0.1) is 6.92 Å². The molecule has 18 nitrogen and oxygen atoms in total. The number of oxime groups is 2. The van der Waals surface area contributed by atoms with Gasteiger partial charge >= 0.3 is 5.97 Å². The van der Waals surface area contributed by atoms with Gasteiger partial charge in [0.25, 0.3) is 0 Å². The fraction of sp³-hybridized carbons (Fsp3) is 0.382. The third kappa shape index (κ3) is 4.51. The lowest BCUT2D eigenvalue weighted by molar-refractivity contribution is -0.129. The first-order valence-electron chi connectivity index (χ1n) is 15.6. The van der Waals surface area contributed by atoms with Gasteiger partial charge in [0.05, 0.1) is 30.0 Å². The van der Waals surface area contributed by atoms with Crippen LogP contribution in [0.25, 0.3) is 0 Å². The second-order valence-electron chi connectivity index (χ2n) is 12.5. The van der Waals surface area contributed by atoms with Crippen molar-refractivity contribution < 1.29 is 73.4 Å². The molecule has 6 N–H and O–H groups in total. The lowest BCUT2D eigenvalue weighted by Gasteiger charge is -2.50. The molecule has 1 aliphatic heterocycles. The molecular weight excluding hydrogens is 690 g/mol. The van der Waals surface area contributed by atoms with E-state index in [9.17, 15) is 49.7 Å². The highest BCUT2D eigenvalue weighted by Gasteiger charge is 2.72. The van der Waals surface area contributed by atoms with E-state index in [1.807, 2.05) is 0 Å². The highest BCUT2D eigenvalue weighted by Crippen LogP contribution is 2.55. The zero-order valence-electron chi connectivity index (χ0n) is 28.5. The predicted octanol–water partition coefficient (Wildman–Crippen LogP) is 0.689. The van der Waals surface area contributed by atoms with Crippen LogP contribution >= 0.6 is 0 Å². The highest BCUT2D eigenvalue weighted by molar-refractivity contribution is 6.36. The number of phenolic OH excluding ortho intramolecular Hbond substituents is 2. The number of carbonyl (C=O) groups excluding carboxylic acids is 5. The summed E-state index contributed by atoms with van der Waals surface area (Å²) in [5, 5.41) is 64.6. The maximum absolute atomic E-state index is 14.7. The van der Waals surface area contributed by atoms with Crippen molar-refractivity contribution in [2.45, 2.75) is 56.0 Å². The van der Waals surface area contributed by atoms with Crippen LogP contribution in [0.3, 0.4) is 0 Å². The first-order valence-corrected chi connectivity index (χ1v) is 15.6. The quantitative estimate of drug-likeness (QED) is 0.136. The Morgan fingerprint density at radius 3 is 2.19 bits per heavy atom. The van der Waals surface area contributed by atoms with Crippen LogP contribution in [-0.2, 0) is 35.7 Å². The molecular formula is C34H33N3O15. The Morgan fingerprint density at radius 1 is 0.942 bits per heavy atom. The van der Waals surface area contributed by atoms with Crippen molar-refractivity contribution in [2.24, 2.45) is 10.3 Å². The second kappa shape index (κ2) is 12.6. The lowest BCUT2D eigenvalue weighted by atomic mass is 9.57. The Hall–Kier alpha value is -5.53. The number of phenols is 2. The molecule has 1 fully saturated rings. The van der Waals surface area contributed by atoms with Gasteiger partial charge in [0.2, 0.25) is 23.0 Å². The van der Waals surface area contributed by atoms with Crippen molar-refractivity contribution in [3.63, 3.8) is 0 Å². The van der Waals surface area contributed by atoms with Gasteiger partial charge in [-0.15, -0.1) is 0 Å². The Bertz CT molecular complexity index is 2090. The van der Waals surface area contributed by atoms with Crippen molar-refractivity contribution in [1.82, 2.24) is 5.32 Å². The zero-order valence-corrected chi connectivity index (χ0v) is 28.5. The fourth-order valence-corrected chi connectivity index (χ4v) is 7.76. The molecule has 52 heavy (non-hydrogen) atoms. The summed E-state index contributed by atoms with van der Waals surface area (Å²) in [6.45, 7) is 3.03. The van der Waals surface area contributed by atoms with E-state index in [-0.39, 0.29) is 16.8 Å². The van der Waals surface area contributed by atoms with Gasteiger partial charge in [-0.1, -0.05) is 16.4 Å². The zero-order chi connectivity index (χ0) is 38.2. The molecule has 274 valence electrons. The van der Waals surface area contributed by atoms with Crippen molar-refractivity contribution >= 4 is 40.5 Å². The Kier molecular flexibility index (Phi) is 8.79. The number of ether oxygens (including phenoxy) is 5. The van der Waals surface area contributed by atoms with Gasteiger partial charge in [-0.2, -0.15) is 0 Å². The minimum absolute atomic E-state index is 0.00915. The number of nitrogens with zero attached hydrogens (tertiary/aromatic N) is 2. The minimum atomic E-state index is -3.28. The molecule has 3 unspecified atom stereocenters. The number of ketones is 4. The summed E-state index contributed by atoms with van der Waals surface area (Å²) < 4.78 is 27.0. The standard InChI is InChI=1S/C34H33N3O15/c1-11-7-13-8-18(36-46)34(51-6)30(43)21-15(29(42)33(34,45)22(13)26(41)19(11)32(44)50-5)9-14-20(25(21)40)17(38)10-16(24(14)39)35-31-28(49-4)23(37-47)27(48-3)12(2)52-31/h7,9-10,12,27-28,31,35,40-41,45-47H,8H2,1-6H3/b36-18?,37-23-/t12-,27?,28?,31?,33+,34-/m1/s1. The summed E-state index contributed by atoms with van der Waals surface area (Å²) in [4.78, 5) is 69.6. The number of rotatable bonds is 6. The number of benzene rings is 2. The number of fused-ring (bicyclic) bond motifs is 5. The van der Waals surface area contributed by atoms with Crippen LogP contribution in [0.5, 0.6) is 11.5 Å². The predicted molar refractivity (Wildman–Crippen MR) is 173 cm³/mol. The molecule has 0 aromatic heterocycles. The van der Waals surface area contributed by atoms with Gasteiger partial charge in [0.15, 0.2) is 17.6 Å². The first kappa shape index (κ1) is 36.3. The molecule has 0 amide bonds. The van der Waals surface area contributed by atoms with E-state index in [4.69, 9.17) is 23.7 Å². The van der Waals surface area contributed by atoms with E-state index in [1.54, 1.807) is 6.92 Å². The number of aryl methyl sites for hydroxylation is 1. The monoisotopic (exact) mass is 723 g/mol. The average Bonchev–Trinajstić information content (AvgIpc) is 3.11. The van der Waals surface area contributed by atoms with E-state index >= 15 is 0 Å². The molecule has 2 aromatic carbocycles. The molecule has 0 bridgehead atoms. The second-order valence-corrected chi connectivity index (χ2v) is 12.5. The summed E-state index contributed by atoms with van der Waals surface area (Å²) in [6, 6.07) is 2.14. The summed E-state index contributed by atoms with van der Waals surface area (Å²) in [5.41, 5.74) is -11.1. The summed E-state index contributed by atoms with van der Waals surface area (Å²) in [7, 11) is 4.56. The maximum Gasteiger partial charge on any atom is 0.341 e. The van der Waals surface area contributed by atoms with Gasteiger partial charge in [0, 0.05) is 50.5 Å². The maximum atomic E-state index is 14.7. The van der Waals surface area contributed by atoms with Crippen LogP contribution in [0.1, 0.15) is 75.4 Å². The number of allylic oxidation sites excluding steroid dienone is 2. The number of aliphatic hydroxyl groups is 1. The van der Waals surface area contributed by atoms with Gasteiger partial charge in [0.1, 0.15) is 40.7 Å². The smallest absolute Gasteiger partial charge is 0.341 e. The topological polar surface area (TPSA) is 269 Å². The average molecular weight is 724 g/mol. The molecule has 1 heterocycles. The summed E-state index contributed by atoms with van der Waals surface area (Å²) >= 11 is 0. The first-order chi connectivity index (χ1) is 24.6. The molecule has 4 aliphatic rings. The Balaban J connectivity index is 1.54. The normalized spacial score (nSPS) is 29.6. The van der Waals surface area contributed by atoms with Crippen molar-refractivity contribution in [3.8, 4) is 11.5 Å². The van der Waals surface area contributed by atoms with E-state index < -0.39 is 128 Å². The largest absolute Gasteiger partial charge is 0.507 e. The van der Waals surface area contributed by atoms with E-state index in [2.05, 4.69) is 15.6 Å².